The van der Waals surface area contributed by atoms with Crippen LogP contribution in [-0.2, 0) is 6.42 Å². The lowest BCUT2D eigenvalue weighted by molar-refractivity contribution is 0.411. The van der Waals surface area contributed by atoms with E-state index in [1.807, 2.05) is 19.1 Å². The van der Waals surface area contributed by atoms with Crippen LogP contribution in [0, 0.1) is 18.3 Å². The molecule has 0 radical (unpaired) electrons. The van der Waals surface area contributed by atoms with Gasteiger partial charge in [-0.1, -0.05) is 6.07 Å². The number of rotatable bonds is 3. The maximum absolute atomic E-state index is 8.50. The molecule has 0 amide bonds. The summed E-state index contributed by atoms with van der Waals surface area (Å²) in [5.74, 6) is 0.836. The molecule has 0 spiro atoms. The maximum atomic E-state index is 8.50. The van der Waals surface area contributed by atoms with Crippen molar-refractivity contribution in [3.05, 3.63) is 27.7 Å². The molecular formula is C11H12BrNO. The molecule has 0 aliphatic rings. The lowest BCUT2D eigenvalue weighted by Crippen LogP contribution is -1.93. The van der Waals surface area contributed by atoms with Gasteiger partial charge < -0.3 is 4.74 Å². The fraction of sp³-hybridized carbons (Fsp3) is 0.364. The Kier molecular flexibility index (Phi) is 3.97. The van der Waals surface area contributed by atoms with Gasteiger partial charge in [-0.2, -0.15) is 5.26 Å². The average Bonchev–Trinajstić information content (AvgIpc) is 2.20. The smallest absolute Gasteiger partial charge is 0.133 e. The van der Waals surface area contributed by atoms with Crippen LogP contribution in [-0.4, -0.2) is 7.11 Å². The summed E-state index contributed by atoms with van der Waals surface area (Å²) in [7, 11) is 1.65. The van der Waals surface area contributed by atoms with Gasteiger partial charge >= 0.3 is 0 Å². The Morgan fingerprint density at radius 3 is 2.79 bits per heavy atom. The Bertz CT molecular complexity index is 368. The van der Waals surface area contributed by atoms with Gasteiger partial charge in [0.2, 0.25) is 0 Å². The molecule has 1 aromatic rings. The second kappa shape index (κ2) is 5.02. The molecule has 2 nitrogen and oxygen atoms in total. The van der Waals surface area contributed by atoms with E-state index in [0.29, 0.717) is 6.42 Å². The zero-order valence-corrected chi connectivity index (χ0v) is 9.89. The van der Waals surface area contributed by atoms with Crippen LogP contribution in [0.3, 0.4) is 0 Å². The van der Waals surface area contributed by atoms with E-state index in [1.54, 1.807) is 7.11 Å². The molecule has 0 aliphatic heterocycles. The number of nitrogens with zero attached hydrogens (tertiary/aromatic N) is 1. The first-order chi connectivity index (χ1) is 6.70. The van der Waals surface area contributed by atoms with Crippen molar-refractivity contribution in [3.63, 3.8) is 0 Å². The molecule has 74 valence electrons. The molecule has 3 heteroatoms. The van der Waals surface area contributed by atoms with Gasteiger partial charge in [0.1, 0.15) is 5.75 Å². The van der Waals surface area contributed by atoms with Crippen LogP contribution in [0.5, 0.6) is 5.75 Å². The minimum absolute atomic E-state index is 0.555. The van der Waals surface area contributed by atoms with Crippen molar-refractivity contribution < 1.29 is 4.74 Å². The van der Waals surface area contributed by atoms with Gasteiger partial charge in [0.25, 0.3) is 0 Å². The standard InChI is InChI=1S/C11H12BrNO/c1-8-9(4-3-7-13)5-6-10(14-2)11(8)12/h5-6H,3-4H2,1-2H3. The fourth-order valence-electron chi connectivity index (χ4n) is 1.32. The molecule has 1 aromatic carbocycles. The second-order valence-electron chi connectivity index (χ2n) is 3.02. The number of halogens is 1. The van der Waals surface area contributed by atoms with Crippen LogP contribution < -0.4 is 4.74 Å². The normalized spacial score (nSPS) is 9.57. The van der Waals surface area contributed by atoms with E-state index in [4.69, 9.17) is 10.00 Å². The van der Waals surface area contributed by atoms with Gasteiger partial charge in [0.05, 0.1) is 17.7 Å². The van der Waals surface area contributed by atoms with E-state index in [-0.39, 0.29) is 0 Å². The first kappa shape index (κ1) is 11.1. The van der Waals surface area contributed by atoms with Crippen LogP contribution in [0.25, 0.3) is 0 Å². The van der Waals surface area contributed by atoms with Crippen molar-refractivity contribution >= 4 is 15.9 Å². The summed E-state index contributed by atoms with van der Waals surface area (Å²) in [6, 6.07) is 6.08. The van der Waals surface area contributed by atoms with E-state index in [0.717, 1.165) is 22.2 Å². The van der Waals surface area contributed by atoms with Crippen molar-refractivity contribution in [1.29, 1.82) is 5.26 Å². The molecule has 0 aromatic heterocycles. The first-order valence-corrected chi connectivity index (χ1v) is 5.19. The summed E-state index contributed by atoms with van der Waals surface area (Å²) in [6.45, 7) is 2.03. The highest BCUT2D eigenvalue weighted by Crippen LogP contribution is 2.30. The van der Waals surface area contributed by atoms with Crippen molar-refractivity contribution in [2.75, 3.05) is 7.11 Å². The molecule has 0 saturated heterocycles. The molecule has 14 heavy (non-hydrogen) atoms. The van der Waals surface area contributed by atoms with E-state index < -0.39 is 0 Å². The van der Waals surface area contributed by atoms with Crippen molar-refractivity contribution in [1.82, 2.24) is 0 Å². The van der Waals surface area contributed by atoms with Crippen molar-refractivity contribution in [2.45, 2.75) is 19.8 Å². The molecule has 0 aliphatic carbocycles. The predicted molar refractivity (Wildman–Crippen MR) is 59.4 cm³/mol. The Labute approximate surface area is 92.6 Å². The quantitative estimate of drug-likeness (QED) is 0.829. The van der Waals surface area contributed by atoms with Crippen LogP contribution in [0.1, 0.15) is 17.5 Å². The Morgan fingerprint density at radius 2 is 2.21 bits per heavy atom. The number of methoxy groups -OCH3 is 1. The zero-order valence-electron chi connectivity index (χ0n) is 8.30. The summed E-state index contributed by atoms with van der Waals surface area (Å²) < 4.78 is 6.16. The average molecular weight is 254 g/mol. The third-order valence-corrected chi connectivity index (χ3v) is 3.17. The lowest BCUT2D eigenvalue weighted by atomic mass is 10.0. The van der Waals surface area contributed by atoms with E-state index in [9.17, 15) is 0 Å². The van der Waals surface area contributed by atoms with Gasteiger partial charge in [-0.25, -0.2) is 0 Å². The van der Waals surface area contributed by atoms with Gasteiger partial charge in [0, 0.05) is 6.42 Å². The molecule has 0 bridgehead atoms. The SMILES string of the molecule is COc1ccc(CCC#N)c(C)c1Br. The fourth-order valence-corrected chi connectivity index (χ4v) is 1.87. The summed E-state index contributed by atoms with van der Waals surface area (Å²) >= 11 is 3.48. The third-order valence-electron chi connectivity index (χ3n) is 2.19. The second-order valence-corrected chi connectivity index (χ2v) is 3.82. The minimum Gasteiger partial charge on any atom is -0.496 e. The molecule has 0 saturated carbocycles. The predicted octanol–water partition coefficient (Wildman–Crippen LogP) is 3.22. The number of aryl methyl sites for hydroxylation is 1. The Morgan fingerprint density at radius 1 is 1.50 bits per heavy atom. The molecular weight excluding hydrogens is 242 g/mol. The van der Waals surface area contributed by atoms with E-state index in [2.05, 4.69) is 22.0 Å². The van der Waals surface area contributed by atoms with E-state index in [1.165, 1.54) is 5.56 Å². The molecule has 0 atom stereocenters. The van der Waals surface area contributed by atoms with Gasteiger partial charge in [-0.15, -0.1) is 0 Å². The van der Waals surface area contributed by atoms with Crippen LogP contribution in [0.15, 0.2) is 16.6 Å². The summed E-state index contributed by atoms with van der Waals surface area (Å²) in [6.07, 6.45) is 1.35. The van der Waals surface area contributed by atoms with Gasteiger partial charge in [-0.05, 0) is 46.5 Å². The number of nitriles is 1. The minimum atomic E-state index is 0.555. The Hall–Kier alpha value is -1.01. The van der Waals surface area contributed by atoms with Crippen molar-refractivity contribution in [2.24, 2.45) is 0 Å². The summed E-state index contributed by atoms with van der Waals surface area (Å²) in [5.41, 5.74) is 2.35. The van der Waals surface area contributed by atoms with Gasteiger partial charge in [0.15, 0.2) is 0 Å². The monoisotopic (exact) mass is 253 g/mol. The molecule has 0 heterocycles. The highest BCUT2D eigenvalue weighted by molar-refractivity contribution is 9.10. The Balaban J connectivity index is 2.99. The number of hydrogen-bond donors (Lipinski definition) is 0. The van der Waals surface area contributed by atoms with Gasteiger partial charge in [-0.3, -0.25) is 0 Å². The first-order valence-electron chi connectivity index (χ1n) is 4.39. The van der Waals surface area contributed by atoms with Crippen LogP contribution in [0.4, 0.5) is 0 Å². The molecule has 0 N–H and O–H groups in total. The van der Waals surface area contributed by atoms with Crippen LogP contribution >= 0.6 is 15.9 Å². The third kappa shape index (κ3) is 2.27. The van der Waals surface area contributed by atoms with Crippen LogP contribution in [0.2, 0.25) is 0 Å². The number of benzene rings is 1. The van der Waals surface area contributed by atoms with E-state index >= 15 is 0 Å². The highest BCUT2D eigenvalue weighted by atomic mass is 79.9. The molecule has 1 rings (SSSR count). The summed E-state index contributed by atoms with van der Waals surface area (Å²) in [5, 5.41) is 8.50. The largest absolute Gasteiger partial charge is 0.496 e. The zero-order chi connectivity index (χ0) is 10.6. The molecule has 0 fully saturated rings. The summed E-state index contributed by atoms with van der Waals surface area (Å²) in [4.78, 5) is 0. The number of ether oxygens (including phenoxy) is 1. The molecule has 0 unspecified atom stereocenters. The maximum Gasteiger partial charge on any atom is 0.133 e. The number of hydrogen-bond acceptors (Lipinski definition) is 2. The van der Waals surface area contributed by atoms with Crippen molar-refractivity contribution in [3.8, 4) is 11.8 Å². The highest BCUT2D eigenvalue weighted by Gasteiger charge is 2.07. The lowest BCUT2D eigenvalue weighted by Gasteiger charge is -2.09. The topological polar surface area (TPSA) is 33.0 Å².